The Morgan fingerprint density at radius 3 is 2.84 bits per heavy atom. The minimum absolute atomic E-state index is 0.606. The van der Waals surface area contributed by atoms with Crippen molar-refractivity contribution in [2.24, 2.45) is 0 Å². The number of nitrogens with zero attached hydrogens (tertiary/aromatic N) is 4. The number of hydrogen-bond acceptors (Lipinski definition) is 5. The lowest BCUT2D eigenvalue weighted by molar-refractivity contribution is 0.260. The third kappa shape index (κ3) is 2.69. The molecular weight excluding hydrogens is 308 g/mol. The highest BCUT2D eigenvalue weighted by Gasteiger charge is 2.30. The fourth-order valence-electron chi connectivity index (χ4n) is 2.97. The number of ether oxygens (including phenoxy) is 1. The van der Waals surface area contributed by atoms with Crippen LogP contribution in [0.15, 0.2) is 10.7 Å². The van der Waals surface area contributed by atoms with Gasteiger partial charge in [0, 0.05) is 19.1 Å². The summed E-state index contributed by atoms with van der Waals surface area (Å²) in [5, 5.41) is 0. The van der Waals surface area contributed by atoms with Gasteiger partial charge in [0.25, 0.3) is 0 Å². The van der Waals surface area contributed by atoms with Crippen molar-refractivity contribution < 1.29 is 4.74 Å². The quantitative estimate of drug-likeness (QED) is 0.848. The van der Waals surface area contributed by atoms with Crippen molar-refractivity contribution in [1.82, 2.24) is 14.9 Å². The third-order valence-corrected chi connectivity index (χ3v) is 4.54. The number of rotatable bonds is 3. The second-order valence-corrected chi connectivity index (χ2v) is 6.01. The molecule has 0 bridgehead atoms. The first-order valence-electron chi connectivity index (χ1n) is 6.83. The average Bonchev–Trinajstić information content (AvgIpc) is 3.10. The summed E-state index contributed by atoms with van der Waals surface area (Å²) in [5.74, 6) is 1.39. The number of likely N-dealkylation sites (tertiary alicyclic amines) is 1. The van der Waals surface area contributed by atoms with Gasteiger partial charge in [-0.2, -0.15) is 4.98 Å². The summed E-state index contributed by atoms with van der Waals surface area (Å²) in [7, 11) is 1.63. The molecule has 2 fully saturated rings. The first-order valence-corrected chi connectivity index (χ1v) is 7.63. The number of halogens is 1. The van der Waals surface area contributed by atoms with E-state index in [9.17, 15) is 0 Å². The minimum Gasteiger partial charge on any atom is -0.480 e. The summed E-state index contributed by atoms with van der Waals surface area (Å²) in [6.07, 6.45) is 5.67. The van der Waals surface area contributed by atoms with Crippen LogP contribution in [-0.2, 0) is 0 Å². The molecule has 0 saturated carbocycles. The van der Waals surface area contributed by atoms with Crippen molar-refractivity contribution >= 4 is 21.9 Å². The SMILES string of the molecule is COc1nc(N2CCC(N3CCCC3)C2)ncc1Br. The highest BCUT2D eigenvalue weighted by atomic mass is 79.9. The van der Waals surface area contributed by atoms with Gasteiger partial charge in [0.2, 0.25) is 11.8 Å². The average molecular weight is 327 g/mol. The van der Waals surface area contributed by atoms with Gasteiger partial charge in [-0.1, -0.05) is 0 Å². The summed E-state index contributed by atoms with van der Waals surface area (Å²) in [5.41, 5.74) is 0. The lowest BCUT2D eigenvalue weighted by Gasteiger charge is -2.23. The van der Waals surface area contributed by atoms with Crippen molar-refractivity contribution in [3.8, 4) is 5.88 Å². The Morgan fingerprint density at radius 1 is 1.32 bits per heavy atom. The van der Waals surface area contributed by atoms with E-state index in [2.05, 4.69) is 35.7 Å². The molecule has 0 radical (unpaired) electrons. The number of anilines is 1. The van der Waals surface area contributed by atoms with Crippen molar-refractivity contribution in [3.05, 3.63) is 10.7 Å². The Morgan fingerprint density at radius 2 is 2.11 bits per heavy atom. The molecule has 6 heteroatoms. The molecule has 0 aliphatic carbocycles. The van der Waals surface area contributed by atoms with E-state index in [0.29, 0.717) is 11.9 Å². The Kier molecular flexibility index (Phi) is 3.88. The van der Waals surface area contributed by atoms with E-state index in [-0.39, 0.29) is 0 Å². The van der Waals surface area contributed by atoms with E-state index in [1.807, 2.05) is 0 Å². The van der Waals surface area contributed by atoms with Gasteiger partial charge in [-0.3, -0.25) is 4.90 Å². The first kappa shape index (κ1) is 13.1. The van der Waals surface area contributed by atoms with E-state index >= 15 is 0 Å². The third-order valence-electron chi connectivity index (χ3n) is 4.00. The van der Waals surface area contributed by atoms with Crippen LogP contribution in [0.3, 0.4) is 0 Å². The molecule has 19 heavy (non-hydrogen) atoms. The largest absolute Gasteiger partial charge is 0.480 e. The topological polar surface area (TPSA) is 41.5 Å². The van der Waals surface area contributed by atoms with Crippen LogP contribution in [0.5, 0.6) is 5.88 Å². The van der Waals surface area contributed by atoms with Crippen LogP contribution in [0.2, 0.25) is 0 Å². The Hall–Kier alpha value is -0.880. The molecule has 0 spiro atoms. The highest BCUT2D eigenvalue weighted by Crippen LogP contribution is 2.27. The molecule has 1 unspecified atom stereocenters. The first-order chi connectivity index (χ1) is 9.28. The van der Waals surface area contributed by atoms with Crippen LogP contribution in [0, 0.1) is 0 Å². The van der Waals surface area contributed by atoms with E-state index in [4.69, 9.17) is 4.74 Å². The van der Waals surface area contributed by atoms with Crippen LogP contribution < -0.4 is 9.64 Å². The highest BCUT2D eigenvalue weighted by molar-refractivity contribution is 9.10. The van der Waals surface area contributed by atoms with E-state index < -0.39 is 0 Å². The van der Waals surface area contributed by atoms with Crippen LogP contribution in [0.25, 0.3) is 0 Å². The molecular formula is C13H19BrN4O. The van der Waals surface area contributed by atoms with Gasteiger partial charge in [0.1, 0.15) is 0 Å². The second-order valence-electron chi connectivity index (χ2n) is 5.16. The maximum absolute atomic E-state index is 5.24. The van der Waals surface area contributed by atoms with Crippen LogP contribution in [-0.4, -0.2) is 54.2 Å². The molecule has 0 amide bonds. The zero-order valence-electron chi connectivity index (χ0n) is 11.2. The second kappa shape index (κ2) is 5.63. The van der Waals surface area contributed by atoms with Crippen molar-refractivity contribution in [1.29, 1.82) is 0 Å². The molecule has 0 aromatic carbocycles. The van der Waals surface area contributed by atoms with Crippen LogP contribution in [0.4, 0.5) is 5.95 Å². The molecule has 2 aliphatic rings. The number of methoxy groups -OCH3 is 1. The molecule has 5 nitrogen and oxygen atoms in total. The minimum atomic E-state index is 0.606. The fourth-order valence-corrected chi connectivity index (χ4v) is 3.32. The Bertz CT molecular complexity index is 450. The smallest absolute Gasteiger partial charge is 0.232 e. The maximum atomic E-state index is 5.24. The van der Waals surface area contributed by atoms with Crippen LogP contribution >= 0.6 is 15.9 Å². The summed E-state index contributed by atoms with van der Waals surface area (Å²) < 4.78 is 6.04. The zero-order chi connectivity index (χ0) is 13.2. The molecule has 1 aromatic rings. The fraction of sp³-hybridized carbons (Fsp3) is 0.692. The predicted octanol–water partition coefficient (Wildman–Crippen LogP) is 1.92. The van der Waals surface area contributed by atoms with E-state index in [0.717, 1.165) is 23.5 Å². The standard InChI is InChI=1S/C13H19BrN4O/c1-19-12-11(14)8-15-13(16-12)18-7-4-10(9-18)17-5-2-3-6-17/h8,10H,2-7,9H2,1H3. The lowest BCUT2D eigenvalue weighted by Crippen LogP contribution is -2.35. The molecule has 1 aromatic heterocycles. The summed E-state index contributed by atoms with van der Waals surface area (Å²) in [4.78, 5) is 13.7. The number of hydrogen-bond donors (Lipinski definition) is 0. The van der Waals surface area contributed by atoms with Crippen molar-refractivity contribution in [3.63, 3.8) is 0 Å². The lowest BCUT2D eigenvalue weighted by atomic mass is 10.2. The molecule has 2 saturated heterocycles. The summed E-state index contributed by atoms with van der Waals surface area (Å²) >= 11 is 3.39. The van der Waals surface area contributed by atoms with Gasteiger partial charge in [0.15, 0.2) is 0 Å². The molecule has 0 N–H and O–H groups in total. The van der Waals surface area contributed by atoms with E-state index in [1.165, 1.54) is 32.4 Å². The zero-order valence-corrected chi connectivity index (χ0v) is 12.8. The van der Waals surface area contributed by atoms with Gasteiger partial charge in [0.05, 0.1) is 17.8 Å². The molecule has 3 heterocycles. The Balaban J connectivity index is 1.70. The van der Waals surface area contributed by atoms with Gasteiger partial charge in [-0.15, -0.1) is 0 Å². The van der Waals surface area contributed by atoms with Crippen molar-refractivity contribution in [2.45, 2.75) is 25.3 Å². The summed E-state index contributed by atoms with van der Waals surface area (Å²) in [6.45, 7) is 4.57. The number of aromatic nitrogens is 2. The normalized spacial score (nSPS) is 24.1. The predicted molar refractivity (Wildman–Crippen MR) is 77.7 cm³/mol. The van der Waals surface area contributed by atoms with Crippen LogP contribution in [0.1, 0.15) is 19.3 Å². The molecule has 2 aliphatic heterocycles. The van der Waals surface area contributed by atoms with Gasteiger partial charge in [-0.25, -0.2) is 4.98 Å². The van der Waals surface area contributed by atoms with Gasteiger partial charge in [-0.05, 0) is 48.3 Å². The van der Waals surface area contributed by atoms with Gasteiger partial charge >= 0.3 is 0 Å². The van der Waals surface area contributed by atoms with Gasteiger partial charge < -0.3 is 9.64 Å². The Labute approximate surface area is 122 Å². The molecule has 3 rings (SSSR count). The van der Waals surface area contributed by atoms with Crippen molar-refractivity contribution in [2.75, 3.05) is 38.2 Å². The molecule has 104 valence electrons. The monoisotopic (exact) mass is 326 g/mol. The van der Waals surface area contributed by atoms with E-state index in [1.54, 1.807) is 13.3 Å². The maximum Gasteiger partial charge on any atom is 0.232 e. The molecule has 1 atom stereocenters. The summed E-state index contributed by atoms with van der Waals surface area (Å²) in [6, 6.07) is 0.667.